The lowest BCUT2D eigenvalue weighted by Gasteiger charge is -2.37. The first-order valence-corrected chi connectivity index (χ1v) is 10.8. The second-order valence-electron chi connectivity index (χ2n) is 7.29. The van der Waals surface area contributed by atoms with Crippen molar-refractivity contribution >= 4 is 32.4 Å². The maximum absolute atomic E-state index is 12.8. The van der Waals surface area contributed by atoms with Gasteiger partial charge in [-0.2, -0.15) is 0 Å². The highest BCUT2D eigenvalue weighted by atomic mass is 32.2. The van der Waals surface area contributed by atoms with E-state index < -0.39 is 21.7 Å². The Labute approximate surface area is 162 Å². The van der Waals surface area contributed by atoms with Crippen LogP contribution in [0, 0.1) is 5.92 Å². The molecule has 1 aromatic carbocycles. The van der Waals surface area contributed by atoms with E-state index in [1.54, 1.807) is 13.8 Å². The van der Waals surface area contributed by atoms with Gasteiger partial charge in [-0.25, -0.2) is 13.1 Å². The number of hydrogen-bond donors (Lipinski definition) is 2. The Balaban J connectivity index is 1.83. The molecule has 2 N–H and O–H groups in total. The van der Waals surface area contributed by atoms with Crippen molar-refractivity contribution in [3.8, 4) is 5.75 Å². The number of ether oxygens (including phenoxy) is 1. The summed E-state index contributed by atoms with van der Waals surface area (Å²) in [6, 6.07) is 6.90. The van der Waals surface area contributed by atoms with Crippen molar-refractivity contribution in [2.75, 3.05) is 5.32 Å². The van der Waals surface area contributed by atoms with Gasteiger partial charge in [0.15, 0.2) is 0 Å². The Morgan fingerprint density at radius 1 is 1.30 bits per heavy atom. The van der Waals surface area contributed by atoms with E-state index in [4.69, 9.17) is 4.74 Å². The number of anilines is 1. The molecule has 1 atom stereocenters. The van der Waals surface area contributed by atoms with Crippen LogP contribution in [0.1, 0.15) is 45.7 Å². The van der Waals surface area contributed by atoms with Gasteiger partial charge in [0.1, 0.15) is 11.4 Å². The third-order valence-corrected chi connectivity index (χ3v) is 6.74. The molecular weight excluding hydrogens is 388 g/mol. The highest BCUT2D eigenvalue weighted by molar-refractivity contribution is 7.91. The Morgan fingerprint density at radius 3 is 2.70 bits per heavy atom. The number of aromatic nitrogens is 2. The first-order chi connectivity index (χ1) is 12.6. The summed E-state index contributed by atoms with van der Waals surface area (Å²) in [6.07, 6.45) is 0.471. The molecule has 1 unspecified atom stereocenters. The molecule has 0 bridgehead atoms. The zero-order valence-electron chi connectivity index (χ0n) is 15.5. The van der Waals surface area contributed by atoms with Crippen molar-refractivity contribution in [3.05, 3.63) is 29.8 Å². The summed E-state index contributed by atoms with van der Waals surface area (Å²) in [5, 5.41) is 10.2. The molecule has 0 saturated carbocycles. The van der Waals surface area contributed by atoms with Gasteiger partial charge >= 0.3 is 0 Å². The molecule has 1 aromatic heterocycles. The Bertz CT molecular complexity index is 953. The van der Waals surface area contributed by atoms with Gasteiger partial charge < -0.3 is 10.1 Å². The van der Waals surface area contributed by atoms with Gasteiger partial charge in [-0.3, -0.25) is 4.79 Å². The minimum Gasteiger partial charge on any atom is -0.487 e. The highest BCUT2D eigenvalue weighted by Crippen LogP contribution is 2.40. The van der Waals surface area contributed by atoms with Gasteiger partial charge in [0, 0.05) is 17.9 Å². The van der Waals surface area contributed by atoms with Crippen molar-refractivity contribution in [2.24, 2.45) is 5.92 Å². The molecule has 0 saturated heterocycles. The van der Waals surface area contributed by atoms with Gasteiger partial charge in [0.25, 0.3) is 10.0 Å². The smallest absolute Gasteiger partial charge is 0.270 e. The van der Waals surface area contributed by atoms with E-state index in [-0.39, 0.29) is 21.3 Å². The number of sulfonamides is 1. The lowest BCUT2D eigenvalue weighted by molar-refractivity contribution is -0.118. The number of nitrogens with zero attached hydrogens (tertiary/aromatic N) is 2. The van der Waals surface area contributed by atoms with Crippen LogP contribution in [0.4, 0.5) is 5.13 Å². The zero-order chi connectivity index (χ0) is 19.8. The molecule has 0 fully saturated rings. The van der Waals surface area contributed by atoms with Gasteiger partial charge in [-0.1, -0.05) is 43.4 Å². The van der Waals surface area contributed by atoms with Crippen molar-refractivity contribution in [1.29, 1.82) is 0 Å². The minimum absolute atomic E-state index is 0.154. The van der Waals surface area contributed by atoms with Gasteiger partial charge in [-0.15, -0.1) is 10.2 Å². The number of nitrogens with one attached hydrogen (secondary N) is 2. The fraction of sp³-hybridized carbons (Fsp3) is 0.471. The molecular formula is C17H22N4O4S2. The summed E-state index contributed by atoms with van der Waals surface area (Å²) in [6.45, 7) is 7.29. The summed E-state index contributed by atoms with van der Waals surface area (Å²) >= 11 is 0.819. The number of hydrogen-bond acceptors (Lipinski definition) is 7. The van der Waals surface area contributed by atoms with E-state index in [0.717, 1.165) is 16.9 Å². The molecule has 1 amide bonds. The van der Waals surface area contributed by atoms with Gasteiger partial charge in [0.05, 0.1) is 6.04 Å². The minimum atomic E-state index is -3.90. The van der Waals surface area contributed by atoms with Crippen LogP contribution in [0.5, 0.6) is 5.75 Å². The van der Waals surface area contributed by atoms with E-state index >= 15 is 0 Å². The fourth-order valence-electron chi connectivity index (χ4n) is 2.76. The van der Waals surface area contributed by atoms with Crippen LogP contribution in [-0.2, 0) is 14.8 Å². The predicted octanol–water partition coefficient (Wildman–Crippen LogP) is 2.71. The molecule has 10 heteroatoms. The summed E-state index contributed by atoms with van der Waals surface area (Å²) in [5.41, 5.74) is 0.261. The topological polar surface area (TPSA) is 110 Å². The molecule has 0 aliphatic carbocycles. The van der Waals surface area contributed by atoms with E-state index in [1.807, 2.05) is 38.1 Å². The molecule has 1 aliphatic heterocycles. The van der Waals surface area contributed by atoms with Crippen LogP contribution in [-0.4, -0.2) is 30.1 Å². The van der Waals surface area contributed by atoms with Crippen LogP contribution in [0.3, 0.4) is 0 Å². The van der Waals surface area contributed by atoms with Gasteiger partial charge in [0.2, 0.25) is 15.4 Å². The molecule has 146 valence electrons. The number of para-hydroxylation sites is 1. The summed E-state index contributed by atoms with van der Waals surface area (Å²) in [5.74, 6) is 0.166. The largest absolute Gasteiger partial charge is 0.487 e. The van der Waals surface area contributed by atoms with E-state index in [0.29, 0.717) is 12.2 Å². The summed E-state index contributed by atoms with van der Waals surface area (Å²) in [7, 11) is -3.90. The molecule has 27 heavy (non-hydrogen) atoms. The Hall–Kier alpha value is -2.04. The maximum Gasteiger partial charge on any atom is 0.270 e. The second-order valence-corrected chi connectivity index (χ2v) is 10.2. The van der Waals surface area contributed by atoms with Crippen LogP contribution < -0.4 is 14.8 Å². The monoisotopic (exact) mass is 410 g/mol. The molecule has 2 heterocycles. The number of amides is 1. The molecule has 8 nitrogen and oxygen atoms in total. The molecule has 0 radical (unpaired) electrons. The molecule has 2 aromatic rings. The first-order valence-electron chi connectivity index (χ1n) is 8.52. The number of benzene rings is 1. The Kier molecular flexibility index (Phi) is 5.24. The standard InChI is InChI=1S/C17H22N4O4S2/c1-10(2)14(22)18-15-19-20-16(26-15)27(23,24)21-12-9-17(3,4)25-13-8-6-5-7-11(12)13/h5-8,10,12,21H,9H2,1-4H3,(H,18,19,22). The van der Waals surface area contributed by atoms with Crippen LogP contribution in [0.2, 0.25) is 0 Å². The van der Waals surface area contributed by atoms with Crippen LogP contribution in [0.15, 0.2) is 28.6 Å². The summed E-state index contributed by atoms with van der Waals surface area (Å²) < 4.78 is 34.0. The van der Waals surface area contributed by atoms with Crippen molar-refractivity contribution in [3.63, 3.8) is 0 Å². The van der Waals surface area contributed by atoms with Crippen molar-refractivity contribution in [2.45, 2.75) is 50.1 Å². The van der Waals surface area contributed by atoms with Crippen LogP contribution >= 0.6 is 11.3 Å². The van der Waals surface area contributed by atoms with Crippen molar-refractivity contribution in [1.82, 2.24) is 14.9 Å². The lowest BCUT2D eigenvalue weighted by atomic mass is 9.90. The number of rotatable bonds is 5. The van der Waals surface area contributed by atoms with E-state index in [2.05, 4.69) is 20.2 Å². The van der Waals surface area contributed by atoms with E-state index in [9.17, 15) is 13.2 Å². The number of fused-ring (bicyclic) bond motifs is 1. The third kappa shape index (κ3) is 4.45. The third-order valence-electron chi connectivity index (χ3n) is 4.06. The number of carbonyl (C=O) groups excluding carboxylic acids is 1. The summed E-state index contributed by atoms with van der Waals surface area (Å²) in [4.78, 5) is 11.7. The lowest BCUT2D eigenvalue weighted by Crippen LogP contribution is -2.41. The van der Waals surface area contributed by atoms with Gasteiger partial charge in [-0.05, 0) is 19.9 Å². The molecule has 0 spiro atoms. The second kappa shape index (κ2) is 7.17. The molecule has 1 aliphatic rings. The molecule has 3 rings (SSSR count). The average Bonchev–Trinajstić information content (AvgIpc) is 3.02. The van der Waals surface area contributed by atoms with Crippen LogP contribution in [0.25, 0.3) is 0 Å². The quantitative estimate of drug-likeness (QED) is 0.734. The predicted molar refractivity (Wildman–Crippen MR) is 102 cm³/mol. The number of carbonyl (C=O) groups is 1. The normalized spacial score (nSPS) is 18.6. The highest BCUT2D eigenvalue weighted by Gasteiger charge is 2.36. The van der Waals surface area contributed by atoms with Crippen molar-refractivity contribution < 1.29 is 17.9 Å². The Morgan fingerprint density at radius 2 is 2.00 bits per heavy atom. The van der Waals surface area contributed by atoms with E-state index in [1.165, 1.54) is 0 Å². The average molecular weight is 411 g/mol. The fourth-order valence-corrected chi connectivity index (χ4v) is 4.90. The maximum atomic E-state index is 12.8. The first kappa shape index (κ1) is 19.7. The zero-order valence-corrected chi connectivity index (χ0v) is 17.1. The SMILES string of the molecule is CC(C)C(=O)Nc1nnc(S(=O)(=O)NC2CC(C)(C)Oc3ccccc32)s1.